The van der Waals surface area contributed by atoms with Gasteiger partial charge in [-0.25, -0.2) is 9.50 Å². The van der Waals surface area contributed by atoms with Gasteiger partial charge >= 0.3 is 0 Å². The molecule has 0 aliphatic carbocycles. The number of carbonyl (C=O) groups is 1. The van der Waals surface area contributed by atoms with Crippen LogP contribution in [0.25, 0.3) is 5.78 Å². The number of nitrogens with one attached hydrogen (secondary N) is 1. The summed E-state index contributed by atoms with van der Waals surface area (Å²) in [5, 5.41) is 7.24. The number of anilines is 1. The van der Waals surface area contributed by atoms with Crippen LogP contribution in [0.15, 0.2) is 18.2 Å². The number of carbonyl (C=O) groups excluding carboxylic acids is 1. The predicted octanol–water partition coefficient (Wildman–Crippen LogP) is 1.92. The van der Waals surface area contributed by atoms with E-state index in [9.17, 15) is 4.79 Å². The van der Waals surface area contributed by atoms with E-state index < -0.39 is 0 Å². The molecule has 3 aromatic rings. The largest absolute Gasteiger partial charge is 0.454 e. The predicted molar refractivity (Wildman–Crippen MR) is 105 cm³/mol. The van der Waals surface area contributed by atoms with Crippen LogP contribution in [-0.4, -0.2) is 32.3 Å². The fourth-order valence-corrected chi connectivity index (χ4v) is 3.13. The lowest BCUT2D eigenvalue weighted by Gasteiger charge is -2.11. The topological polar surface area (TPSA) is 117 Å². The molecule has 148 valence electrons. The Labute approximate surface area is 167 Å². The van der Waals surface area contributed by atoms with Crippen molar-refractivity contribution in [2.45, 2.75) is 33.2 Å². The number of aromatic nitrogens is 4. The minimum atomic E-state index is -0.0889. The van der Waals surface area contributed by atoms with Gasteiger partial charge in [-0.1, -0.05) is 0 Å². The molecule has 0 bridgehead atoms. The van der Waals surface area contributed by atoms with Crippen LogP contribution in [0.5, 0.6) is 11.5 Å². The summed E-state index contributed by atoms with van der Waals surface area (Å²) in [6, 6.07) is 5.33. The zero-order chi connectivity index (χ0) is 19.0. The number of halogens is 1. The molecule has 0 fully saturated rings. The van der Waals surface area contributed by atoms with Gasteiger partial charge in [0.2, 0.25) is 12.7 Å². The maximum absolute atomic E-state index is 12.4. The van der Waals surface area contributed by atoms with Crippen molar-refractivity contribution in [1.82, 2.24) is 19.6 Å². The molecule has 3 heterocycles. The highest BCUT2D eigenvalue weighted by Crippen LogP contribution is 2.34. The molecule has 10 heteroatoms. The van der Waals surface area contributed by atoms with Crippen LogP contribution in [0.1, 0.15) is 29.2 Å². The molecule has 0 unspecified atom stereocenters. The molecule has 0 radical (unpaired) electrons. The number of nitrogens with two attached hydrogens (primary N) is 1. The third kappa shape index (κ3) is 3.71. The van der Waals surface area contributed by atoms with Crippen molar-refractivity contribution in [3.8, 4) is 11.5 Å². The molecule has 1 aromatic carbocycles. The zero-order valence-electron chi connectivity index (χ0n) is 15.6. The smallest absolute Gasteiger partial charge is 0.252 e. The Morgan fingerprint density at radius 1 is 1.25 bits per heavy atom. The monoisotopic (exact) mass is 404 g/mol. The molecule has 0 saturated heterocycles. The fraction of sp³-hybridized carbons (Fsp3) is 0.333. The quantitative estimate of drug-likeness (QED) is 0.667. The number of benzene rings is 1. The van der Waals surface area contributed by atoms with E-state index in [0.29, 0.717) is 41.6 Å². The normalized spacial score (nSPS) is 12.1. The number of nitrogens with zero attached hydrogens (tertiary/aromatic N) is 4. The first kappa shape index (κ1) is 19.8. The van der Waals surface area contributed by atoms with E-state index in [1.807, 2.05) is 13.8 Å². The highest BCUT2D eigenvalue weighted by atomic mass is 35.5. The third-order valence-corrected chi connectivity index (χ3v) is 4.53. The van der Waals surface area contributed by atoms with Crippen LogP contribution in [-0.2, 0) is 17.8 Å². The summed E-state index contributed by atoms with van der Waals surface area (Å²) in [6.07, 6.45) is 0.872. The molecule has 1 aliphatic heterocycles. The highest BCUT2D eigenvalue weighted by Gasteiger charge is 2.16. The van der Waals surface area contributed by atoms with Crippen molar-refractivity contribution < 1.29 is 14.3 Å². The lowest BCUT2D eigenvalue weighted by molar-refractivity contribution is -0.116. The van der Waals surface area contributed by atoms with Gasteiger partial charge in [0.15, 0.2) is 17.3 Å². The van der Waals surface area contributed by atoms with Crippen LogP contribution in [0.2, 0.25) is 0 Å². The summed E-state index contributed by atoms with van der Waals surface area (Å²) < 4.78 is 12.3. The Morgan fingerprint density at radius 2 is 2.04 bits per heavy atom. The van der Waals surface area contributed by atoms with Gasteiger partial charge in [-0.3, -0.25) is 4.79 Å². The Kier molecular flexibility index (Phi) is 5.66. The van der Waals surface area contributed by atoms with E-state index >= 15 is 0 Å². The van der Waals surface area contributed by atoms with Gasteiger partial charge in [0, 0.05) is 29.6 Å². The lowest BCUT2D eigenvalue weighted by atomic mass is 10.1. The molecule has 1 aliphatic rings. The third-order valence-electron chi connectivity index (χ3n) is 4.53. The number of ether oxygens (including phenoxy) is 2. The first-order valence-electron chi connectivity index (χ1n) is 8.66. The first-order valence-corrected chi connectivity index (χ1v) is 8.66. The minimum Gasteiger partial charge on any atom is -0.454 e. The molecule has 0 spiro atoms. The summed E-state index contributed by atoms with van der Waals surface area (Å²) in [6.45, 7) is 4.32. The minimum absolute atomic E-state index is 0. The van der Waals surface area contributed by atoms with E-state index in [1.54, 1.807) is 22.7 Å². The van der Waals surface area contributed by atoms with Crippen LogP contribution in [0.4, 0.5) is 5.69 Å². The fourth-order valence-electron chi connectivity index (χ4n) is 3.13. The van der Waals surface area contributed by atoms with Crippen molar-refractivity contribution in [2.75, 3.05) is 12.1 Å². The molecule has 4 rings (SSSR count). The van der Waals surface area contributed by atoms with E-state index in [-0.39, 0.29) is 31.7 Å². The summed E-state index contributed by atoms with van der Waals surface area (Å²) in [5.41, 5.74) is 9.03. The van der Waals surface area contributed by atoms with Gasteiger partial charge in [0.1, 0.15) is 0 Å². The number of hydrogen-bond donors (Lipinski definition) is 2. The Bertz CT molecular complexity index is 1040. The van der Waals surface area contributed by atoms with Gasteiger partial charge in [-0.15, -0.1) is 17.5 Å². The van der Waals surface area contributed by atoms with Gasteiger partial charge < -0.3 is 20.5 Å². The summed E-state index contributed by atoms with van der Waals surface area (Å²) in [5.74, 6) is 2.30. The average molecular weight is 405 g/mol. The Balaban J connectivity index is 0.00000225. The van der Waals surface area contributed by atoms with Crippen molar-refractivity contribution in [1.29, 1.82) is 0 Å². The lowest BCUT2D eigenvalue weighted by Crippen LogP contribution is -2.14. The maximum atomic E-state index is 12.4. The van der Waals surface area contributed by atoms with Gasteiger partial charge in [0.25, 0.3) is 5.78 Å². The molecular formula is C18H21ClN6O3. The number of hydrogen-bond acceptors (Lipinski definition) is 7. The summed E-state index contributed by atoms with van der Waals surface area (Å²) in [7, 11) is 0. The Hall–Kier alpha value is -2.91. The standard InChI is InChI=1S/C18H20N6O3.ClH/c1-10-13(11(2)24-18(20-10)22-16(8-19)23-24)4-6-17(25)21-12-3-5-14-15(7-12)27-9-26-14;/h3,5,7H,4,6,8-9,19H2,1-2H3,(H,21,25);1H. The highest BCUT2D eigenvalue weighted by molar-refractivity contribution is 5.91. The van der Waals surface area contributed by atoms with E-state index in [2.05, 4.69) is 20.4 Å². The summed E-state index contributed by atoms with van der Waals surface area (Å²) in [4.78, 5) is 21.1. The van der Waals surface area contributed by atoms with Gasteiger partial charge in [0.05, 0.1) is 6.54 Å². The van der Waals surface area contributed by atoms with Gasteiger partial charge in [-0.05, 0) is 38.0 Å². The second-order valence-electron chi connectivity index (χ2n) is 6.32. The van der Waals surface area contributed by atoms with Crippen molar-refractivity contribution in [3.63, 3.8) is 0 Å². The van der Waals surface area contributed by atoms with E-state index in [0.717, 1.165) is 17.0 Å². The number of fused-ring (bicyclic) bond motifs is 2. The molecule has 28 heavy (non-hydrogen) atoms. The maximum Gasteiger partial charge on any atom is 0.252 e. The first-order chi connectivity index (χ1) is 13.0. The van der Waals surface area contributed by atoms with Crippen molar-refractivity contribution in [2.24, 2.45) is 5.73 Å². The van der Waals surface area contributed by atoms with Gasteiger partial charge in [-0.2, -0.15) is 4.98 Å². The van der Waals surface area contributed by atoms with Crippen LogP contribution in [0.3, 0.4) is 0 Å². The van der Waals surface area contributed by atoms with Crippen molar-refractivity contribution >= 4 is 29.8 Å². The SMILES string of the molecule is Cc1nc2nc(CN)nn2c(C)c1CCC(=O)Nc1ccc2c(c1)OCO2.Cl. The number of amides is 1. The molecular weight excluding hydrogens is 384 g/mol. The molecule has 2 aromatic heterocycles. The molecule has 0 saturated carbocycles. The van der Waals surface area contributed by atoms with E-state index in [1.165, 1.54) is 0 Å². The number of aryl methyl sites for hydroxylation is 2. The Morgan fingerprint density at radius 3 is 2.82 bits per heavy atom. The number of rotatable bonds is 5. The van der Waals surface area contributed by atoms with E-state index in [4.69, 9.17) is 15.2 Å². The average Bonchev–Trinajstić information content (AvgIpc) is 3.27. The van der Waals surface area contributed by atoms with Crippen LogP contribution >= 0.6 is 12.4 Å². The molecule has 9 nitrogen and oxygen atoms in total. The second-order valence-corrected chi connectivity index (χ2v) is 6.32. The molecule has 0 atom stereocenters. The van der Waals surface area contributed by atoms with Crippen LogP contribution < -0.4 is 20.5 Å². The van der Waals surface area contributed by atoms with Crippen LogP contribution in [0, 0.1) is 13.8 Å². The van der Waals surface area contributed by atoms with Crippen molar-refractivity contribution in [3.05, 3.63) is 41.0 Å². The second kappa shape index (κ2) is 7.99. The zero-order valence-corrected chi connectivity index (χ0v) is 16.4. The summed E-state index contributed by atoms with van der Waals surface area (Å²) >= 11 is 0. The molecule has 3 N–H and O–H groups in total. The molecule has 1 amide bonds.